The molecule has 1 aromatic carbocycles. The lowest BCUT2D eigenvalue weighted by Crippen LogP contribution is -2.13. The molecular formula is C15H21ClO. The van der Waals surface area contributed by atoms with E-state index in [1.165, 1.54) is 43.2 Å². The van der Waals surface area contributed by atoms with Gasteiger partial charge < -0.3 is 4.74 Å². The summed E-state index contributed by atoms with van der Waals surface area (Å²) < 4.78 is 5.23. The van der Waals surface area contributed by atoms with Gasteiger partial charge in [0.2, 0.25) is 0 Å². The second-order valence-corrected chi connectivity index (χ2v) is 5.49. The summed E-state index contributed by atoms with van der Waals surface area (Å²) >= 11 is 6.65. The van der Waals surface area contributed by atoms with Crippen molar-refractivity contribution in [2.45, 2.75) is 44.4 Å². The van der Waals surface area contributed by atoms with Crippen LogP contribution >= 0.6 is 11.6 Å². The first-order valence-corrected chi connectivity index (χ1v) is 6.94. The van der Waals surface area contributed by atoms with Gasteiger partial charge in [-0.3, -0.25) is 0 Å². The molecule has 0 spiro atoms. The minimum atomic E-state index is 0.168. The number of hydrogen-bond donors (Lipinski definition) is 0. The van der Waals surface area contributed by atoms with Crippen molar-refractivity contribution in [3.63, 3.8) is 0 Å². The monoisotopic (exact) mass is 252 g/mol. The summed E-state index contributed by atoms with van der Waals surface area (Å²) in [4.78, 5) is 0. The van der Waals surface area contributed by atoms with Gasteiger partial charge >= 0.3 is 0 Å². The summed E-state index contributed by atoms with van der Waals surface area (Å²) in [5.41, 5.74) is 2.52. The Kier molecular flexibility index (Phi) is 4.33. The molecular weight excluding hydrogens is 232 g/mol. The topological polar surface area (TPSA) is 9.23 Å². The van der Waals surface area contributed by atoms with Gasteiger partial charge in [-0.25, -0.2) is 0 Å². The lowest BCUT2D eigenvalue weighted by atomic mass is 9.83. The van der Waals surface area contributed by atoms with Gasteiger partial charge in [0.15, 0.2) is 0 Å². The molecule has 17 heavy (non-hydrogen) atoms. The Morgan fingerprint density at radius 3 is 2.53 bits per heavy atom. The average molecular weight is 253 g/mol. The number of methoxy groups -OCH3 is 1. The van der Waals surface area contributed by atoms with Crippen LogP contribution < -0.4 is 4.74 Å². The molecule has 1 aliphatic rings. The van der Waals surface area contributed by atoms with E-state index in [-0.39, 0.29) is 5.38 Å². The van der Waals surface area contributed by atoms with Crippen LogP contribution in [0.3, 0.4) is 0 Å². The Labute approximate surface area is 109 Å². The van der Waals surface area contributed by atoms with Crippen molar-refractivity contribution in [2.75, 3.05) is 7.11 Å². The molecule has 1 unspecified atom stereocenters. The highest BCUT2D eigenvalue weighted by atomic mass is 35.5. The van der Waals surface area contributed by atoms with Gasteiger partial charge in [-0.1, -0.05) is 25.3 Å². The van der Waals surface area contributed by atoms with E-state index in [0.717, 1.165) is 5.75 Å². The molecule has 0 amide bonds. The maximum absolute atomic E-state index is 6.65. The molecule has 1 atom stereocenters. The number of ether oxygens (including phenoxy) is 1. The summed E-state index contributed by atoms with van der Waals surface area (Å²) in [6.07, 6.45) is 6.60. The van der Waals surface area contributed by atoms with Crippen LogP contribution in [-0.4, -0.2) is 7.11 Å². The third-order valence-electron chi connectivity index (χ3n) is 3.84. The fourth-order valence-corrected chi connectivity index (χ4v) is 3.26. The molecule has 2 rings (SSSR count). The molecule has 1 saturated carbocycles. The molecule has 94 valence electrons. The molecule has 0 saturated heterocycles. The first-order valence-electron chi connectivity index (χ1n) is 6.51. The third kappa shape index (κ3) is 2.95. The Balaban J connectivity index is 2.15. The highest BCUT2D eigenvalue weighted by molar-refractivity contribution is 6.21. The van der Waals surface area contributed by atoms with Crippen molar-refractivity contribution in [1.82, 2.24) is 0 Å². The largest absolute Gasteiger partial charge is 0.497 e. The molecule has 1 aromatic rings. The van der Waals surface area contributed by atoms with E-state index >= 15 is 0 Å². The van der Waals surface area contributed by atoms with E-state index in [0.29, 0.717) is 5.92 Å². The molecule has 1 aliphatic carbocycles. The zero-order chi connectivity index (χ0) is 12.3. The molecule has 1 fully saturated rings. The second-order valence-electron chi connectivity index (χ2n) is 5.02. The molecule has 0 N–H and O–H groups in total. The van der Waals surface area contributed by atoms with Crippen LogP contribution in [-0.2, 0) is 0 Å². The predicted octanol–water partition coefficient (Wildman–Crippen LogP) is 4.86. The van der Waals surface area contributed by atoms with Gasteiger partial charge in [0, 0.05) is 0 Å². The Bertz CT molecular complexity index is 369. The fraction of sp³-hybridized carbons (Fsp3) is 0.600. The van der Waals surface area contributed by atoms with Crippen molar-refractivity contribution in [1.29, 1.82) is 0 Å². The quantitative estimate of drug-likeness (QED) is 0.698. The molecule has 0 bridgehead atoms. The van der Waals surface area contributed by atoms with E-state index < -0.39 is 0 Å². The van der Waals surface area contributed by atoms with Crippen molar-refractivity contribution in [2.24, 2.45) is 5.92 Å². The first kappa shape index (κ1) is 12.8. The Hall–Kier alpha value is -0.690. The number of rotatable bonds is 3. The normalized spacial score (nSPS) is 19.0. The average Bonchev–Trinajstić information content (AvgIpc) is 2.39. The highest BCUT2D eigenvalue weighted by Gasteiger charge is 2.24. The lowest BCUT2D eigenvalue weighted by Gasteiger charge is -2.27. The number of hydrogen-bond acceptors (Lipinski definition) is 1. The van der Waals surface area contributed by atoms with Gasteiger partial charge in [0.05, 0.1) is 12.5 Å². The molecule has 0 aromatic heterocycles. The molecule has 0 radical (unpaired) electrons. The van der Waals surface area contributed by atoms with Crippen molar-refractivity contribution in [3.8, 4) is 5.75 Å². The van der Waals surface area contributed by atoms with Crippen LogP contribution in [0.15, 0.2) is 18.2 Å². The molecule has 0 heterocycles. The van der Waals surface area contributed by atoms with Gasteiger partial charge in [0.1, 0.15) is 5.75 Å². The SMILES string of the molecule is COc1ccc(C(Cl)C2CCCCC2)c(C)c1. The summed E-state index contributed by atoms with van der Waals surface area (Å²) in [5.74, 6) is 1.57. The standard InChI is InChI=1S/C15H21ClO/c1-11-10-13(17-2)8-9-14(11)15(16)12-6-4-3-5-7-12/h8-10,12,15H,3-7H2,1-2H3. The number of aryl methyl sites for hydroxylation is 1. The molecule has 0 aliphatic heterocycles. The zero-order valence-corrected chi connectivity index (χ0v) is 11.5. The lowest BCUT2D eigenvalue weighted by molar-refractivity contribution is 0.347. The van der Waals surface area contributed by atoms with E-state index in [2.05, 4.69) is 19.1 Å². The smallest absolute Gasteiger partial charge is 0.119 e. The van der Waals surface area contributed by atoms with Crippen LogP contribution in [0.5, 0.6) is 5.75 Å². The van der Waals surface area contributed by atoms with Crippen LogP contribution in [0.4, 0.5) is 0 Å². The van der Waals surface area contributed by atoms with Crippen LogP contribution in [0.1, 0.15) is 48.6 Å². The molecule has 2 heteroatoms. The van der Waals surface area contributed by atoms with E-state index in [4.69, 9.17) is 16.3 Å². The summed E-state index contributed by atoms with van der Waals surface area (Å²) in [5, 5.41) is 0.168. The summed E-state index contributed by atoms with van der Waals surface area (Å²) in [6.45, 7) is 2.12. The maximum atomic E-state index is 6.65. The zero-order valence-electron chi connectivity index (χ0n) is 10.7. The van der Waals surface area contributed by atoms with Crippen LogP contribution in [0, 0.1) is 12.8 Å². The molecule has 1 nitrogen and oxygen atoms in total. The van der Waals surface area contributed by atoms with Crippen molar-refractivity contribution < 1.29 is 4.74 Å². The second kappa shape index (κ2) is 5.77. The third-order valence-corrected chi connectivity index (χ3v) is 4.43. The van der Waals surface area contributed by atoms with Gasteiger partial charge in [-0.15, -0.1) is 11.6 Å². The number of halogens is 1. The first-order chi connectivity index (χ1) is 8.22. The van der Waals surface area contributed by atoms with Crippen LogP contribution in [0.25, 0.3) is 0 Å². The maximum Gasteiger partial charge on any atom is 0.119 e. The highest BCUT2D eigenvalue weighted by Crippen LogP contribution is 2.40. The number of benzene rings is 1. The van der Waals surface area contributed by atoms with E-state index in [1.807, 2.05) is 6.07 Å². The Morgan fingerprint density at radius 1 is 1.24 bits per heavy atom. The minimum Gasteiger partial charge on any atom is -0.497 e. The summed E-state index contributed by atoms with van der Waals surface area (Å²) in [7, 11) is 1.70. The Morgan fingerprint density at radius 2 is 1.94 bits per heavy atom. The predicted molar refractivity (Wildman–Crippen MR) is 72.9 cm³/mol. The fourth-order valence-electron chi connectivity index (χ4n) is 2.77. The van der Waals surface area contributed by atoms with E-state index in [9.17, 15) is 0 Å². The van der Waals surface area contributed by atoms with Crippen molar-refractivity contribution in [3.05, 3.63) is 29.3 Å². The minimum absolute atomic E-state index is 0.168. The van der Waals surface area contributed by atoms with Crippen LogP contribution in [0.2, 0.25) is 0 Å². The van der Waals surface area contributed by atoms with E-state index in [1.54, 1.807) is 7.11 Å². The summed E-state index contributed by atoms with van der Waals surface area (Å²) in [6, 6.07) is 6.22. The number of alkyl halides is 1. The van der Waals surface area contributed by atoms with Gasteiger partial charge in [-0.05, 0) is 48.9 Å². The van der Waals surface area contributed by atoms with Gasteiger partial charge in [-0.2, -0.15) is 0 Å². The van der Waals surface area contributed by atoms with Gasteiger partial charge in [0.25, 0.3) is 0 Å². The van der Waals surface area contributed by atoms with Crippen molar-refractivity contribution >= 4 is 11.6 Å².